The molecule has 3 aromatic rings. The second-order valence-electron chi connectivity index (χ2n) is 6.08. The zero-order chi connectivity index (χ0) is 21.2. The Morgan fingerprint density at radius 3 is 2.79 bits per heavy atom. The largest absolute Gasteiger partial charge is 0.405 e. The molecule has 12 heteroatoms. The number of fused-ring (bicyclic) bond motifs is 1. The van der Waals surface area contributed by atoms with Gasteiger partial charge < -0.3 is 15.6 Å². The first-order valence-electron chi connectivity index (χ1n) is 8.44. The van der Waals surface area contributed by atoms with Crippen molar-refractivity contribution < 1.29 is 25.2 Å². The van der Waals surface area contributed by atoms with Crippen molar-refractivity contribution in [2.24, 2.45) is 0 Å². The normalized spacial score (nSPS) is 12.8. The van der Waals surface area contributed by atoms with E-state index in [1.165, 1.54) is 6.20 Å². The van der Waals surface area contributed by atoms with Crippen LogP contribution in [0.3, 0.4) is 0 Å². The molecule has 3 aromatic heterocycles. The van der Waals surface area contributed by atoms with Gasteiger partial charge >= 0.3 is 6.18 Å². The molecule has 0 aliphatic carbocycles. The number of rotatable bonds is 6. The number of alkyl halides is 3. The van der Waals surface area contributed by atoms with Gasteiger partial charge in [-0.3, -0.25) is 4.79 Å². The molecule has 7 nitrogen and oxygen atoms in total. The van der Waals surface area contributed by atoms with E-state index in [4.69, 9.17) is 11.6 Å². The van der Waals surface area contributed by atoms with E-state index in [0.717, 1.165) is 6.20 Å². The molecule has 0 saturated heterocycles. The SMILES string of the molecule is CC[C@@H](Nc1nc(-c2c[nH]c3ncc(Cl)cc23)ncc1F)C(=O)NCC(F)(F)F.[HH].[HH]. The summed E-state index contributed by atoms with van der Waals surface area (Å²) in [5.41, 5.74) is 1.01. The fourth-order valence-electron chi connectivity index (χ4n) is 2.59. The van der Waals surface area contributed by atoms with Crippen LogP contribution >= 0.6 is 11.6 Å². The van der Waals surface area contributed by atoms with Crippen LogP contribution in [0.2, 0.25) is 5.02 Å². The smallest absolute Gasteiger partial charge is 0.356 e. The van der Waals surface area contributed by atoms with E-state index in [1.807, 2.05) is 0 Å². The summed E-state index contributed by atoms with van der Waals surface area (Å²) in [4.78, 5) is 27.0. The van der Waals surface area contributed by atoms with E-state index >= 15 is 0 Å². The molecule has 3 heterocycles. The van der Waals surface area contributed by atoms with Gasteiger partial charge in [-0.25, -0.2) is 19.3 Å². The van der Waals surface area contributed by atoms with Crippen LogP contribution in [-0.4, -0.2) is 44.6 Å². The molecule has 1 atom stereocenters. The Morgan fingerprint density at radius 2 is 2.10 bits per heavy atom. The molecule has 3 rings (SSSR count). The highest BCUT2D eigenvalue weighted by molar-refractivity contribution is 6.31. The van der Waals surface area contributed by atoms with Crippen molar-refractivity contribution in [2.75, 3.05) is 11.9 Å². The number of nitrogens with one attached hydrogen (secondary N) is 3. The molecule has 3 N–H and O–H groups in total. The van der Waals surface area contributed by atoms with Crippen LogP contribution in [0.15, 0.2) is 24.7 Å². The molecule has 0 aliphatic rings. The number of anilines is 1. The summed E-state index contributed by atoms with van der Waals surface area (Å²) < 4.78 is 51.1. The maximum atomic E-state index is 14.2. The van der Waals surface area contributed by atoms with Gasteiger partial charge in [-0.15, -0.1) is 0 Å². The molecule has 0 aliphatic heterocycles. The first-order valence-corrected chi connectivity index (χ1v) is 8.82. The summed E-state index contributed by atoms with van der Waals surface area (Å²) in [5.74, 6) is -1.97. The second kappa shape index (κ2) is 8.19. The van der Waals surface area contributed by atoms with Gasteiger partial charge in [0.05, 0.1) is 11.2 Å². The third-order valence-electron chi connectivity index (χ3n) is 3.98. The third-order valence-corrected chi connectivity index (χ3v) is 4.19. The summed E-state index contributed by atoms with van der Waals surface area (Å²) in [5, 5.41) is 5.29. The van der Waals surface area contributed by atoms with Crippen LogP contribution in [0.25, 0.3) is 22.4 Å². The summed E-state index contributed by atoms with van der Waals surface area (Å²) in [6.45, 7) is 0.0861. The van der Waals surface area contributed by atoms with Crippen molar-refractivity contribution in [1.82, 2.24) is 25.3 Å². The van der Waals surface area contributed by atoms with Gasteiger partial charge in [-0.2, -0.15) is 13.2 Å². The molecule has 29 heavy (non-hydrogen) atoms. The van der Waals surface area contributed by atoms with Crippen LogP contribution in [-0.2, 0) is 4.79 Å². The average Bonchev–Trinajstić information content (AvgIpc) is 3.08. The van der Waals surface area contributed by atoms with Crippen LogP contribution in [0.4, 0.5) is 23.4 Å². The Morgan fingerprint density at radius 1 is 1.34 bits per heavy atom. The van der Waals surface area contributed by atoms with Gasteiger partial charge in [0.15, 0.2) is 17.5 Å². The van der Waals surface area contributed by atoms with Crippen molar-refractivity contribution in [1.29, 1.82) is 0 Å². The lowest BCUT2D eigenvalue weighted by molar-refractivity contribution is -0.138. The molecular weight excluding hydrogens is 416 g/mol. The molecule has 0 aromatic carbocycles. The van der Waals surface area contributed by atoms with E-state index in [-0.39, 0.29) is 20.9 Å². The summed E-state index contributed by atoms with van der Waals surface area (Å²) >= 11 is 5.96. The number of pyridine rings is 1. The van der Waals surface area contributed by atoms with Gasteiger partial charge in [0.1, 0.15) is 18.2 Å². The highest BCUT2D eigenvalue weighted by atomic mass is 35.5. The van der Waals surface area contributed by atoms with Gasteiger partial charge in [-0.1, -0.05) is 18.5 Å². The highest BCUT2D eigenvalue weighted by Gasteiger charge is 2.29. The summed E-state index contributed by atoms with van der Waals surface area (Å²) in [6, 6.07) is 0.517. The topological polar surface area (TPSA) is 95.6 Å². The first-order chi connectivity index (χ1) is 13.7. The number of hydrogen-bond acceptors (Lipinski definition) is 5. The number of hydrogen-bond donors (Lipinski definition) is 3. The fraction of sp³-hybridized carbons (Fsp3) is 0.294. The predicted octanol–water partition coefficient (Wildman–Crippen LogP) is 4.17. The van der Waals surface area contributed by atoms with Crippen LogP contribution < -0.4 is 10.6 Å². The number of amides is 1. The van der Waals surface area contributed by atoms with E-state index < -0.39 is 30.5 Å². The zero-order valence-electron chi connectivity index (χ0n) is 14.9. The Hall–Kier alpha value is -2.95. The Kier molecular flexibility index (Phi) is 5.87. The van der Waals surface area contributed by atoms with Gasteiger partial charge in [-0.05, 0) is 12.5 Å². The maximum absolute atomic E-state index is 14.2. The van der Waals surface area contributed by atoms with Gasteiger partial charge in [0.25, 0.3) is 0 Å². The second-order valence-corrected chi connectivity index (χ2v) is 6.52. The summed E-state index contributed by atoms with van der Waals surface area (Å²) in [7, 11) is 0. The number of nitrogens with zero attached hydrogens (tertiary/aromatic N) is 3. The number of aromatic amines is 1. The van der Waals surface area contributed by atoms with Crippen molar-refractivity contribution in [3.63, 3.8) is 0 Å². The van der Waals surface area contributed by atoms with Crippen molar-refractivity contribution in [3.05, 3.63) is 35.5 Å². The van der Waals surface area contributed by atoms with E-state index in [9.17, 15) is 22.4 Å². The van der Waals surface area contributed by atoms with E-state index in [1.54, 1.807) is 24.5 Å². The summed E-state index contributed by atoms with van der Waals surface area (Å²) in [6.07, 6.45) is -0.519. The highest BCUT2D eigenvalue weighted by Crippen LogP contribution is 2.28. The third kappa shape index (κ3) is 4.91. The van der Waals surface area contributed by atoms with Crippen molar-refractivity contribution in [2.45, 2.75) is 25.6 Å². The Labute approximate surface area is 169 Å². The molecule has 0 bridgehead atoms. The average molecular weight is 435 g/mol. The molecule has 0 radical (unpaired) electrons. The molecule has 158 valence electrons. The van der Waals surface area contributed by atoms with E-state index in [0.29, 0.717) is 21.6 Å². The molecule has 0 unspecified atom stereocenters. The monoisotopic (exact) mass is 434 g/mol. The number of H-pyrrole nitrogens is 1. The lowest BCUT2D eigenvalue weighted by Gasteiger charge is -2.18. The Bertz CT molecular complexity index is 1050. The zero-order valence-corrected chi connectivity index (χ0v) is 15.7. The van der Waals surface area contributed by atoms with Crippen LogP contribution in [0, 0.1) is 5.82 Å². The maximum Gasteiger partial charge on any atom is 0.405 e. The van der Waals surface area contributed by atoms with Crippen molar-refractivity contribution in [3.8, 4) is 11.4 Å². The quantitative estimate of drug-likeness (QED) is 0.506. The molecule has 1 amide bonds. The minimum atomic E-state index is -4.55. The predicted molar refractivity (Wildman–Crippen MR) is 103 cm³/mol. The Balaban J connectivity index is 0.00000240. The van der Waals surface area contributed by atoms with Crippen molar-refractivity contribution >= 4 is 34.4 Å². The van der Waals surface area contributed by atoms with Crippen LogP contribution in [0.5, 0.6) is 0 Å². The number of carbonyl (C=O) groups excluding carboxylic acids is 1. The van der Waals surface area contributed by atoms with Gasteiger partial charge in [0.2, 0.25) is 5.91 Å². The fourth-order valence-corrected chi connectivity index (χ4v) is 2.75. The lowest BCUT2D eigenvalue weighted by Crippen LogP contribution is -2.43. The van der Waals surface area contributed by atoms with Crippen LogP contribution in [0.1, 0.15) is 16.2 Å². The lowest BCUT2D eigenvalue weighted by atomic mass is 10.2. The molecule has 0 spiro atoms. The minimum Gasteiger partial charge on any atom is -0.356 e. The number of halogens is 5. The van der Waals surface area contributed by atoms with E-state index in [2.05, 4.69) is 25.3 Å². The van der Waals surface area contributed by atoms with Gasteiger partial charge in [0, 0.05) is 26.2 Å². The first kappa shape index (κ1) is 20.8. The standard InChI is InChI=1S/C17H15ClF4N6O.2H2/c1-2-12(16(29)26-7-17(20,21)22)27-15-11(19)6-25-14(28-15)10-5-24-13-9(10)3-8(18)4-23-13;;/h3-6,12H,2,7H2,1H3,(H,23,24)(H,26,29)(H,25,27,28);2*1H/t12-;;/m1../s1. The minimum absolute atomic E-state index is 0. The molecule has 0 saturated carbocycles. The molecule has 0 fully saturated rings. The number of carbonyl (C=O) groups is 1. The number of aromatic nitrogens is 4. The molecular formula is C17H19ClF4N6O.